The number of aliphatic imine (C=N–C) groups is 1. The van der Waals surface area contributed by atoms with E-state index in [-0.39, 0.29) is 23.0 Å². The van der Waals surface area contributed by atoms with Crippen LogP contribution in [-0.2, 0) is 5.75 Å². The number of rotatable bonds is 3. The number of nitrogens with zero attached hydrogens (tertiary/aromatic N) is 2. The van der Waals surface area contributed by atoms with E-state index in [1.165, 1.54) is 6.07 Å². The quantitative estimate of drug-likeness (QED) is 0.677. The Kier molecular flexibility index (Phi) is 5.24. The Morgan fingerprint density at radius 2 is 2.35 bits per heavy atom. The molecule has 1 aliphatic heterocycles. The molecular formula is C10H12ClN3O2S. The molecule has 1 aromatic carbocycles. The fourth-order valence-corrected chi connectivity index (χ4v) is 2.25. The number of hydrogen-bond acceptors (Lipinski definition) is 5. The molecule has 17 heavy (non-hydrogen) atoms. The smallest absolute Gasteiger partial charge is 0.269 e. The Bertz CT molecular complexity index is 439. The number of nitro benzene ring substituents is 1. The Morgan fingerprint density at radius 3 is 3.00 bits per heavy atom. The van der Waals surface area contributed by atoms with Crippen LogP contribution in [0.25, 0.3) is 0 Å². The van der Waals surface area contributed by atoms with Crippen LogP contribution in [-0.4, -0.2) is 23.2 Å². The van der Waals surface area contributed by atoms with Crippen molar-refractivity contribution in [3.63, 3.8) is 0 Å². The van der Waals surface area contributed by atoms with Gasteiger partial charge in [-0.2, -0.15) is 0 Å². The molecule has 0 atom stereocenters. The zero-order chi connectivity index (χ0) is 11.4. The van der Waals surface area contributed by atoms with E-state index in [0.717, 1.165) is 23.8 Å². The Balaban J connectivity index is 0.00000144. The van der Waals surface area contributed by atoms with Crippen molar-refractivity contribution in [3.05, 3.63) is 39.9 Å². The van der Waals surface area contributed by atoms with Crippen molar-refractivity contribution in [2.24, 2.45) is 4.99 Å². The van der Waals surface area contributed by atoms with Gasteiger partial charge in [0.25, 0.3) is 5.69 Å². The lowest BCUT2D eigenvalue weighted by Crippen LogP contribution is -2.14. The summed E-state index contributed by atoms with van der Waals surface area (Å²) in [4.78, 5) is 14.4. The lowest BCUT2D eigenvalue weighted by atomic mass is 10.2. The van der Waals surface area contributed by atoms with Crippen LogP contribution < -0.4 is 5.32 Å². The maximum Gasteiger partial charge on any atom is 0.269 e. The number of hydrogen-bond donors (Lipinski definition) is 1. The second-order valence-electron chi connectivity index (χ2n) is 3.33. The monoisotopic (exact) mass is 273 g/mol. The second kappa shape index (κ2) is 6.46. The summed E-state index contributed by atoms with van der Waals surface area (Å²) in [5, 5.41) is 14.6. The predicted molar refractivity (Wildman–Crippen MR) is 71.9 cm³/mol. The Morgan fingerprint density at radius 1 is 1.53 bits per heavy atom. The molecule has 1 heterocycles. The maximum atomic E-state index is 10.6. The molecule has 0 saturated carbocycles. The first kappa shape index (κ1) is 13.8. The van der Waals surface area contributed by atoms with Crippen LogP contribution in [0.15, 0.2) is 29.3 Å². The number of thioether (sulfide) groups is 1. The Labute approximate surface area is 109 Å². The number of halogens is 1. The molecule has 0 bridgehead atoms. The first-order chi connectivity index (χ1) is 7.75. The summed E-state index contributed by atoms with van der Waals surface area (Å²) < 4.78 is 0. The van der Waals surface area contributed by atoms with Gasteiger partial charge in [-0.15, -0.1) is 12.4 Å². The third-order valence-corrected chi connectivity index (χ3v) is 3.16. The van der Waals surface area contributed by atoms with Crippen molar-refractivity contribution in [2.75, 3.05) is 13.1 Å². The summed E-state index contributed by atoms with van der Waals surface area (Å²) in [7, 11) is 0. The van der Waals surface area contributed by atoms with Gasteiger partial charge in [-0.1, -0.05) is 23.9 Å². The van der Waals surface area contributed by atoms with E-state index in [1.807, 2.05) is 6.07 Å². The van der Waals surface area contributed by atoms with Gasteiger partial charge < -0.3 is 5.32 Å². The molecule has 0 fully saturated rings. The minimum atomic E-state index is -0.375. The van der Waals surface area contributed by atoms with E-state index in [4.69, 9.17) is 0 Å². The van der Waals surface area contributed by atoms with E-state index in [0.29, 0.717) is 5.75 Å². The lowest BCUT2D eigenvalue weighted by Gasteiger charge is -2.02. The highest BCUT2D eigenvalue weighted by Crippen LogP contribution is 2.18. The van der Waals surface area contributed by atoms with Gasteiger partial charge in [0.05, 0.1) is 11.5 Å². The molecule has 0 saturated heterocycles. The van der Waals surface area contributed by atoms with Crippen LogP contribution >= 0.6 is 24.2 Å². The average molecular weight is 274 g/mol. The van der Waals surface area contributed by atoms with Crippen molar-refractivity contribution >= 4 is 35.0 Å². The molecule has 7 heteroatoms. The molecule has 1 aromatic rings. The van der Waals surface area contributed by atoms with Crippen molar-refractivity contribution in [1.82, 2.24) is 5.32 Å². The summed E-state index contributed by atoms with van der Waals surface area (Å²) in [5.74, 6) is 0.702. The van der Waals surface area contributed by atoms with E-state index in [1.54, 1.807) is 23.9 Å². The van der Waals surface area contributed by atoms with Crippen LogP contribution in [0.1, 0.15) is 5.56 Å². The summed E-state index contributed by atoms with van der Waals surface area (Å²) in [5.41, 5.74) is 1.08. The molecule has 0 unspecified atom stereocenters. The van der Waals surface area contributed by atoms with Gasteiger partial charge >= 0.3 is 0 Å². The molecule has 0 amide bonds. The fraction of sp³-hybridized carbons (Fsp3) is 0.300. The summed E-state index contributed by atoms with van der Waals surface area (Å²) in [6, 6.07) is 6.69. The zero-order valence-corrected chi connectivity index (χ0v) is 10.6. The molecule has 0 aliphatic carbocycles. The highest BCUT2D eigenvalue weighted by atomic mass is 35.5. The van der Waals surface area contributed by atoms with Crippen LogP contribution in [0.5, 0.6) is 0 Å². The number of benzene rings is 1. The van der Waals surface area contributed by atoms with Gasteiger partial charge in [-0.3, -0.25) is 15.1 Å². The third-order valence-electron chi connectivity index (χ3n) is 2.14. The van der Waals surface area contributed by atoms with Crippen LogP contribution in [0.3, 0.4) is 0 Å². The van der Waals surface area contributed by atoms with Gasteiger partial charge in [0.15, 0.2) is 5.17 Å². The molecule has 1 N–H and O–H groups in total. The average Bonchev–Trinajstić information content (AvgIpc) is 2.79. The van der Waals surface area contributed by atoms with E-state index < -0.39 is 0 Å². The second-order valence-corrected chi connectivity index (χ2v) is 4.29. The number of nitrogens with one attached hydrogen (secondary N) is 1. The lowest BCUT2D eigenvalue weighted by molar-refractivity contribution is -0.384. The zero-order valence-electron chi connectivity index (χ0n) is 8.96. The van der Waals surface area contributed by atoms with Gasteiger partial charge in [0.1, 0.15) is 0 Å². The maximum absolute atomic E-state index is 10.6. The van der Waals surface area contributed by atoms with Crippen molar-refractivity contribution in [2.45, 2.75) is 5.75 Å². The summed E-state index contributed by atoms with van der Waals surface area (Å²) in [6.45, 7) is 1.70. The van der Waals surface area contributed by atoms with E-state index in [2.05, 4.69) is 10.3 Å². The van der Waals surface area contributed by atoms with Crippen LogP contribution in [0.4, 0.5) is 5.69 Å². The molecule has 1 aliphatic rings. The molecule has 2 rings (SSSR count). The Hall–Kier alpha value is -1.27. The SMILES string of the molecule is Cl.O=[N+]([O-])c1cccc(CSC2=NCCN2)c1. The van der Waals surface area contributed by atoms with Gasteiger partial charge in [-0.25, -0.2) is 0 Å². The molecule has 0 radical (unpaired) electrons. The molecule has 92 valence electrons. The molecule has 0 spiro atoms. The number of amidine groups is 1. The summed E-state index contributed by atoms with van der Waals surface area (Å²) in [6.07, 6.45) is 0. The minimum Gasteiger partial charge on any atom is -0.363 e. The van der Waals surface area contributed by atoms with E-state index >= 15 is 0 Å². The highest BCUT2D eigenvalue weighted by Gasteiger charge is 2.08. The fourth-order valence-electron chi connectivity index (χ4n) is 1.38. The van der Waals surface area contributed by atoms with Crippen molar-refractivity contribution < 1.29 is 4.92 Å². The molecular weight excluding hydrogens is 262 g/mol. The first-order valence-corrected chi connectivity index (χ1v) is 5.89. The highest BCUT2D eigenvalue weighted by molar-refractivity contribution is 8.13. The topological polar surface area (TPSA) is 67.5 Å². The van der Waals surface area contributed by atoms with Gasteiger partial charge in [-0.05, 0) is 5.56 Å². The number of non-ortho nitro benzene ring substituents is 1. The molecule has 5 nitrogen and oxygen atoms in total. The standard InChI is InChI=1S/C10H11N3O2S.ClH/c14-13(15)9-3-1-2-8(6-9)7-16-10-11-4-5-12-10;/h1-3,6H,4-5,7H2,(H,11,12);1H. The molecule has 0 aromatic heterocycles. The minimum absolute atomic E-state index is 0. The van der Waals surface area contributed by atoms with Crippen LogP contribution in [0.2, 0.25) is 0 Å². The predicted octanol–water partition coefficient (Wildman–Crippen LogP) is 2.21. The first-order valence-electron chi connectivity index (χ1n) is 4.90. The normalized spacial score (nSPS) is 13.5. The van der Waals surface area contributed by atoms with E-state index in [9.17, 15) is 10.1 Å². The number of nitro groups is 1. The van der Waals surface area contributed by atoms with Gasteiger partial charge in [0.2, 0.25) is 0 Å². The van der Waals surface area contributed by atoms with Crippen molar-refractivity contribution in [3.8, 4) is 0 Å². The third kappa shape index (κ3) is 3.90. The van der Waals surface area contributed by atoms with Gasteiger partial charge in [0, 0.05) is 24.4 Å². The largest absolute Gasteiger partial charge is 0.363 e. The van der Waals surface area contributed by atoms with Crippen molar-refractivity contribution in [1.29, 1.82) is 0 Å². The summed E-state index contributed by atoms with van der Waals surface area (Å²) >= 11 is 1.57. The van der Waals surface area contributed by atoms with Crippen LogP contribution in [0, 0.1) is 10.1 Å².